The predicted molar refractivity (Wildman–Crippen MR) is 138 cm³/mol. The zero-order valence-corrected chi connectivity index (χ0v) is 20.6. The molecule has 0 unspecified atom stereocenters. The van der Waals surface area contributed by atoms with Crippen LogP contribution in [0.25, 0.3) is 10.8 Å². The van der Waals surface area contributed by atoms with Crippen LogP contribution in [-0.4, -0.2) is 73.8 Å². The Kier molecular flexibility index (Phi) is 7.37. The molecule has 0 bridgehead atoms. The average molecular weight is 508 g/mol. The van der Waals surface area contributed by atoms with Gasteiger partial charge in [-0.2, -0.15) is 0 Å². The summed E-state index contributed by atoms with van der Waals surface area (Å²) in [4.78, 5) is 28.8. The van der Waals surface area contributed by atoms with E-state index in [0.29, 0.717) is 12.0 Å². The summed E-state index contributed by atoms with van der Waals surface area (Å²) >= 11 is 0. The molecule has 0 radical (unpaired) electrons. The number of benzene rings is 3. The molecule has 1 saturated heterocycles. The second-order valence-electron chi connectivity index (χ2n) is 8.90. The van der Waals surface area contributed by atoms with Gasteiger partial charge >= 0.3 is 0 Å². The standard InChI is InChI=1S/C26H29N5O4S/c27-23(15-18-4-3-7-21(14-18)25(28)29)26(33)31-12-10-30(11-13-31)24(32)17-36(34,35)22-9-8-19-5-1-2-6-20(19)16-22/h1-9,14,16,23H,10-13,15,17,27H2,(H3,28,29)/t23-/m0/s1. The average Bonchev–Trinajstić information content (AvgIpc) is 2.88. The third-order valence-electron chi connectivity index (χ3n) is 6.35. The third-order valence-corrected chi connectivity index (χ3v) is 7.95. The number of hydrogen-bond donors (Lipinski definition) is 3. The van der Waals surface area contributed by atoms with Crippen molar-refractivity contribution in [2.45, 2.75) is 17.4 Å². The van der Waals surface area contributed by atoms with Crippen molar-refractivity contribution >= 4 is 38.3 Å². The third kappa shape index (κ3) is 5.72. The van der Waals surface area contributed by atoms with Gasteiger partial charge in [0.1, 0.15) is 11.6 Å². The number of rotatable bonds is 7. The summed E-state index contributed by atoms with van der Waals surface area (Å²) < 4.78 is 25.8. The summed E-state index contributed by atoms with van der Waals surface area (Å²) in [5.41, 5.74) is 13.0. The zero-order valence-electron chi connectivity index (χ0n) is 19.8. The zero-order chi connectivity index (χ0) is 25.9. The largest absolute Gasteiger partial charge is 0.384 e. The Balaban J connectivity index is 1.32. The van der Waals surface area contributed by atoms with Gasteiger partial charge in [-0.1, -0.05) is 48.5 Å². The Hall–Kier alpha value is -3.76. The van der Waals surface area contributed by atoms with Crippen molar-refractivity contribution in [3.63, 3.8) is 0 Å². The molecule has 1 fully saturated rings. The minimum atomic E-state index is -3.80. The number of piperazine rings is 1. The second kappa shape index (κ2) is 10.5. The Morgan fingerprint density at radius 1 is 0.889 bits per heavy atom. The Morgan fingerprint density at radius 2 is 1.56 bits per heavy atom. The van der Waals surface area contributed by atoms with Crippen LogP contribution in [0.15, 0.2) is 71.6 Å². The molecule has 2 amide bonds. The number of nitrogen functional groups attached to an aromatic ring is 1. The first-order chi connectivity index (χ1) is 17.1. The van der Waals surface area contributed by atoms with E-state index in [1.807, 2.05) is 30.3 Å². The maximum absolute atomic E-state index is 12.9. The molecular formula is C26H29N5O4S. The van der Waals surface area contributed by atoms with Crippen molar-refractivity contribution in [2.75, 3.05) is 31.9 Å². The molecule has 0 saturated carbocycles. The van der Waals surface area contributed by atoms with E-state index in [0.717, 1.165) is 16.3 Å². The summed E-state index contributed by atoms with van der Waals surface area (Å²) in [5.74, 6) is -1.40. The van der Waals surface area contributed by atoms with Crippen LogP contribution in [0.3, 0.4) is 0 Å². The molecule has 3 aromatic rings. The molecule has 0 aliphatic carbocycles. The molecule has 1 heterocycles. The van der Waals surface area contributed by atoms with Gasteiger partial charge in [0.2, 0.25) is 11.8 Å². The Morgan fingerprint density at radius 3 is 2.25 bits per heavy atom. The van der Waals surface area contributed by atoms with Crippen molar-refractivity contribution in [3.05, 3.63) is 77.9 Å². The fraction of sp³-hybridized carbons (Fsp3) is 0.269. The van der Waals surface area contributed by atoms with E-state index >= 15 is 0 Å². The van der Waals surface area contributed by atoms with Crippen LogP contribution in [-0.2, 0) is 25.8 Å². The quantitative estimate of drug-likeness (QED) is 0.322. The Bertz CT molecular complexity index is 1410. The Labute approximate surface area is 210 Å². The van der Waals surface area contributed by atoms with Crippen molar-refractivity contribution in [2.24, 2.45) is 11.5 Å². The lowest BCUT2D eigenvalue weighted by molar-refractivity contribution is -0.139. The highest BCUT2D eigenvalue weighted by molar-refractivity contribution is 7.92. The van der Waals surface area contributed by atoms with Crippen molar-refractivity contribution in [3.8, 4) is 0 Å². The summed E-state index contributed by atoms with van der Waals surface area (Å²) in [5, 5.41) is 9.27. The normalized spacial score (nSPS) is 15.0. The molecule has 4 rings (SSSR count). The summed E-state index contributed by atoms with van der Waals surface area (Å²) in [7, 11) is -3.80. The van der Waals surface area contributed by atoms with Crippen LogP contribution in [0.2, 0.25) is 0 Å². The number of carbonyl (C=O) groups excluding carboxylic acids is 2. The van der Waals surface area contributed by atoms with E-state index in [4.69, 9.17) is 16.9 Å². The van der Waals surface area contributed by atoms with Gasteiger partial charge in [-0.15, -0.1) is 0 Å². The first-order valence-electron chi connectivity index (χ1n) is 11.6. The second-order valence-corrected chi connectivity index (χ2v) is 10.9. The van der Waals surface area contributed by atoms with E-state index in [9.17, 15) is 18.0 Å². The molecule has 188 valence electrons. The topological polar surface area (TPSA) is 151 Å². The predicted octanol–water partition coefficient (Wildman–Crippen LogP) is 1.14. The molecule has 10 heteroatoms. The van der Waals surface area contributed by atoms with Crippen molar-refractivity contribution in [1.29, 1.82) is 5.41 Å². The molecule has 3 aromatic carbocycles. The maximum atomic E-state index is 12.9. The van der Waals surface area contributed by atoms with Gasteiger partial charge in [0.25, 0.3) is 0 Å². The fourth-order valence-corrected chi connectivity index (χ4v) is 5.57. The number of hydrogen-bond acceptors (Lipinski definition) is 6. The minimum absolute atomic E-state index is 0.0554. The maximum Gasteiger partial charge on any atom is 0.239 e. The first-order valence-corrected chi connectivity index (χ1v) is 13.3. The van der Waals surface area contributed by atoms with Gasteiger partial charge in [0.15, 0.2) is 9.84 Å². The SMILES string of the molecule is N=C(N)c1cccc(C[C@H](N)C(=O)N2CCN(C(=O)CS(=O)(=O)c3ccc4ccccc4c3)CC2)c1. The number of carbonyl (C=O) groups is 2. The number of amidine groups is 1. The lowest BCUT2D eigenvalue weighted by Crippen LogP contribution is -2.55. The highest BCUT2D eigenvalue weighted by Gasteiger charge is 2.30. The monoisotopic (exact) mass is 507 g/mol. The molecule has 1 aliphatic heterocycles. The summed E-state index contributed by atoms with van der Waals surface area (Å²) in [6.45, 7) is 1.04. The van der Waals surface area contributed by atoms with Gasteiger partial charge in [0, 0.05) is 31.7 Å². The number of nitrogens with zero attached hydrogens (tertiary/aromatic N) is 2. The smallest absolute Gasteiger partial charge is 0.239 e. The van der Waals surface area contributed by atoms with Gasteiger partial charge in [-0.3, -0.25) is 15.0 Å². The molecular weight excluding hydrogens is 478 g/mol. The number of amides is 2. The van der Waals surface area contributed by atoms with Gasteiger partial charge in [-0.05, 0) is 41.0 Å². The van der Waals surface area contributed by atoms with E-state index in [1.54, 1.807) is 35.2 Å². The minimum Gasteiger partial charge on any atom is -0.384 e. The molecule has 1 atom stereocenters. The van der Waals surface area contributed by atoms with Crippen LogP contribution in [0, 0.1) is 5.41 Å². The van der Waals surface area contributed by atoms with E-state index < -0.39 is 27.5 Å². The molecule has 1 aliphatic rings. The van der Waals surface area contributed by atoms with Crippen molar-refractivity contribution in [1.82, 2.24) is 9.80 Å². The van der Waals surface area contributed by atoms with E-state index in [2.05, 4.69) is 0 Å². The van der Waals surface area contributed by atoms with Gasteiger partial charge in [-0.25, -0.2) is 8.42 Å². The highest BCUT2D eigenvalue weighted by Crippen LogP contribution is 2.20. The lowest BCUT2D eigenvalue weighted by Gasteiger charge is -2.36. The summed E-state index contributed by atoms with van der Waals surface area (Å²) in [6.07, 6.45) is 0.295. The summed E-state index contributed by atoms with van der Waals surface area (Å²) in [6, 6.07) is 18.5. The number of nitrogens with one attached hydrogen (secondary N) is 1. The molecule has 0 aromatic heterocycles. The number of fused-ring (bicyclic) bond motifs is 1. The fourth-order valence-electron chi connectivity index (χ4n) is 4.32. The van der Waals surface area contributed by atoms with E-state index in [1.165, 1.54) is 11.0 Å². The van der Waals surface area contributed by atoms with Crippen LogP contribution < -0.4 is 11.5 Å². The number of sulfone groups is 1. The number of nitrogens with two attached hydrogens (primary N) is 2. The van der Waals surface area contributed by atoms with Gasteiger partial charge < -0.3 is 21.3 Å². The molecule has 0 spiro atoms. The van der Waals surface area contributed by atoms with Crippen LogP contribution in [0.5, 0.6) is 0 Å². The van der Waals surface area contributed by atoms with E-state index in [-0.39, 0.29) is 42.8 Å². The molecule has 9 nitrogen and oxygen atoms in total. The van der Waals surface area contributed by atoms with Gasteiger partial charge in [0.05, 0.1) is 10.9 Å². The molecule has 36 heavy (non-hydrogen) atoms. The van der Waals surface area contributed by atoms with Crippen LogP contribution >= 0.6 is 0 Å². The van der Waals surface area contributed by atoms with Crippen LogP contribution in [0.4, 0.5) is 0 Å². The van der Waals surface area contributed by atoms with Crippen LogP contribution in [0.1, 0.15) is 11.1 Å². The highest BCUT2D eigenvalue weighted by atomic mass is 32.2. The first kappa shape index (κ1) is 25.3. The lowest BCUT2D eigenvalue weighted by atomic mass is 10.0. The van der Waals surface area contributed by atoms with Crippen molar-refractivity contribution < 1.29 is 18.0 Å². The molecule has 5 N–H and O–H groups in total.